The van der Waals surface area contributed by atoms with Gasteiger partial charge in [0.15, 0.2) is 6.61 Å². The van der Waals surface area contributed by atoms with E-state index in [1.165, 1.54) is 4.90 Å². The third-order valence-electron chi connectivity index (χ3n) is 4.22. The van der Waals surface area contributed by atoms with Crippen LogP contribution in [0.1, 0.15) is 26.3 Å². The number of methoxy groups -OCH3 is 1. The van der Waals surface area contributed by atoms with Crippen molar-refractivity contribution in [1.82, 2.24) is 10.2 Å². The molecule has 6 heteroatoms. The maximum Gasteiger partial charge on any atom is 0.261 e. The predicted molar refractivity (Wildman–Crippen MR) is 108 cm³/mol. The number of ether oxygens (including phenoxy) is 2. The fraction of sp³-hybridized carbons (Fsp3) is 0.364. The largest absolute Gasteiger partial charge is 0.497 e. The molecule has 0 heterocycles. The van der Waals surface area contributed by atoms with Gasteiger partial charge >= 0.3 is 0 Å². The molecule has 0 aliphatic heterocycles. The Morgan fingerprint density at radius 3 is 2.14 bits per heavy atom. The van der Waals surface area contributed by atoms with Crippen molar-refractivity contribution < 1.29 is 19.1 Å². The summed E-state index contributed by atoms with van der Waals surface area (Å²) in [4.78, 5) is 26.9. The lowest BCUT2D eigenvalue weighted by Crippen LogP contribution is -2.50. The molecule has 6 nitrogen and oxygen atoms in total. The lowest BCUT2D eigenvalue weighted by atomic mass is 10.1. The molecule has 0 fully saturated rings. The van der Waals surface area contributed by atoms with E-state index in [2.05, 4.69) is 5.32 Å². The summed E-state index contributed by atoms with van der Waals surface area (Å²) >= 11 is 0. The molecule has 0 spiro atoms. The van der Waals surface area contributed by atoms with Crippen LogP contribution in [0.15, 0.2) is 54.6 Å². The fourth-order valence-corrected chi connectivity index (χ4v) is 2.67. The van der Waals surface area contributed by atoms with Crippen molar-refractivity contribution in [3.05, 3.63) is 60.2 Å². The first-order valence-electron chi connectivity index (χ1n) is 9.31. The van der Waals surface area contributed by atoms with Crippen LogP contribution in [-0.4, -0.2) is 42.5 Å². The molecule has 0 saturated carbocycles. The number of nitrogens with one attached hydrogen (secondary N) is 1. The summed E-state index contributed by atoms with van der Waals surface area (Å²) in [5.41, 5.74) is 0.949. The van der Waals surface area contributed by atoms with Crippen molar-refractivity contribution in [2.45, 2.75) is 39.4 Å². The minimum Gasteiger partial charge on any atom is -0.497 e. The molecule has 0 aromatic heterocycles. The molecular formula is C22H28N2O4. The number of amides is 2. The first-order chi connectivity index (χ1) is 13.4. The monoisotopic (exact) mass is 384 g/mol. The maximum atomic E-state index is 12.9. The Kier molecular flexibility index (Phi) is 7.87. The highest BCUT2D eigenvalue weighted by molar-refractivity contribution is 5.88. The predicted octanol–water partition coefficient (Wildman–Crippen LogP) is 3.02. The Morgan fingerprint density at radius 1 is 0.964 bits per heavy atom. The highest BCUT2D eigenvalue weighted by Crippen LogP contribution is 2.17. The Balaban J connectivity index is 2.09. The molecule has 0 aliphatic carbocycles. The van der Waals surface area contributed by atoms with E-state index in [0.29, 0.717) is 18.0 Å². The summed E-state index contributed by atoms with van der Waals surface area (Å²) in [5.74, 6) is 0.825. The van der Waals surface area contributed by atoms with Gasteiger partial charge in [0, 0.05) is 12.6 Å². The quantitative estimate of drug-likeness (QED) is 0.722. The normalized spacial score (nSPS) is 11.6. The van der Waals surface area contributed by atoms with E-state index in [1.54, 1.807) is 38.3 Å². The van der Waals surface area contributed by atoms with Crippen LogP contribution in [0.4, 0.5) is 0 Å². The van der Waals surface area contributed by atoms with Crippen LogP contribution in [0.25, 0.3) is 0 Å². The van der Waals surface area contributed by atoms with Crippen LogP contribution in [0.5, 0.6) is 11.5 Å². The van der Waals surface area contributed by atoms with E-state index in [1.807, 2.05) is 44.2 Å². The van der Waals surface area contributed by atoms with E-state index in [-0.39, 0.29) is 24.5 Å². The summed E-state index contributed by atoms with van der Waals surface area (Å²) in [6.45, 7) is 5.68. The molecule has 28 heavy (non-hydrogen) atoms. The molecule has 0 radical (unpaired) electrons. The van der Waals surface area contributed by atoms with Gasteiger partial charge in [0.2, 0.25) is 5.91 Å². The molecule has 2 amide bonds. The lowest BCUT2D eigenvalue weighted by molar-refractivity contribution is -0.142. The zero-order valence-corrected chi connectivity index (χ0v) is 16.8. The van der Waals surface area contributed by atoms with Crippen molar-refractivity contribution in [3.63, 3.8) is 0 Å². The minimum atomic E-state index is -0.616. The molecule has 2 rings (SSSR count). The van der Waals surface area contributed by atoms with E-state index < -0.39 is 6.04 Å². The fourth-order valence-electron chi connectivity index (χ4n) is 2.67. The first kappa shape index (κ1) is 21.3. The third kappa shape index (κ3) is 6.30. The molecule has 0 bridgehead atoms. The molecule has 1 unspecified atom stereocenters. The van der Waals surface area contributed by atoms with Crippen LogP contribution in [-0.2, 0) is 16.1 Å². The topological polar surface area (TPSA) is 67.9 Å². The minimum absolute atomic E-state index is 0.000763. The first-order valence-corrected chi connectivity index (χ1v) is 9.31. The van der Waals surface area contributed by atoms with Gasteiger partial charge in [0.25, 0.3) is 5.91 Å². The van der Waals surface area contributed by atoms with Crippen molar-refractivity contribution in [2.24, 2.45) is 0 Å². The Hall–Kier alpha value is -3.02. The highest BCUT2D eigenvalue weighted by atomic mass is 16.5. The molecule has 0 saturated heterocycles. The second kappa shape index (κ2) is 10.3. The summed E-state index contributed by atoms with van der Waals surface area (Å²) < 4.78 is 10.7. The van der Waals surface area contributed by atoms with Crippen molar-refractivity contribution in [1.29, 1.82) is 0 Å². The van der Waals surface area contributed by atoms with E-state index in [4.69, 9.17) is 9.47 Å². The highest BCUT2D eigenvalue weighted by Gasteiger charge is 2.26. The molecule has 150 valence electrons. The SMILES string of the molecule is COc1ccc(OCC(=O)N(Cc2ccccc2)C(C)C(=O)NC(C)C)cc1. The van der Waals surface area contributed by atoms with Gasteiger partial charge in [-0.3, -0.25) is 9.59 Å². The smallest absolute Gasteiger partial charge is 0.261 e. The van der Waals surface area contributed by atoms with E-state index >= 15 is 0 Å². The Morgan fingerprint density at radius 2 is 1.57 bits per heavy atom. The van der Waals surface area contributed by atoms with Crippen molar-refractivity contribution >= 4 is 11.8 Å². The van der Waals surface area contributed by atoms with Crippen molar-refractivity contribution in [3.8, 4) is 11.5 Å². The van der Waals surface area contributed by atoms with Crippen LogP contribution < -0.4 is 14.8 Å². The summed E-state index contributed by atoms with van der Waals surface area (Å²) in [6.07, 6.45) is 0. The molecule has 1 atom stereocenters. The van der Waals surface area contributed by atoms with E-state index in [0.717, 1.165) is 5.56 Å². The van der Waals surface area contributed by atoms with Gasteiger partial charge in [-0.15, -0.1) is 0 Å². The van der Waals surface area contributed by atoms with Gasteiger partial charge in [0.05, 0.1) is 7.11 Å². The summed E-state index contributed by atoms with van der Waals surface area (Å²) in [6, 6.07) is 16.0. The summed E-state index contributed by atoms with van der Waals surface area (Å²) in [7, 11) is 1.59. The van der Waals surface area contributed by atoms with Crippen LogP contribution in [0, 0.1) is 0 Å². The van der Waals surface area contributed by atoms with Crippen LogP contribution >= 0.6 is 0 Å². The number of carbonyl (C=O) groups is 2. The Labute approximate surface area is 166 Å². The Bertz CT molecular complexity index is 760. The zero-order chi connectivity index (χ0) is 20.5. The molecule has 2 aromatic rings. The zero-order valence-electron chi connectivity index (χ0n) is 16.8. The lowest BCUT2D eigenvalue weighted by Gasteiger charge is -2.29. The standard InChI is InChI=1S/C22H28N2O4/c1-16(2)23-22(26)17(3)24(14-18-8-6-5-7-9-18)21(25)15-28-20-12-10-19(27-4)11-13-20/h5-13,16-17H,14-15H2,1-4H3,(H,23,26). The maximum absolute atomic E-state index is 12.9. The summed E-state index contributed by atoms with van der Waals surface area (Å²) in [5, 5.41) is 2.86. The number of benzene rings is 2. The average Bonchev–Trinajstić information content (AvgIpc) is 2.70. The second-order valence-corrected chi connectivity index (χ2v) is 6.81. The average molecular weight is 384 g/mol. The van der Waals surface area contributed by atoms with Gasteiger partial charge in [-0.05, 0) is 50.6 Å². The van der Waals surface area contributed by atoms with Gasteiger partial charge in [-0.1, -0.05) is 30.3 Å². The van der Waals surface area contributed by atoms with Crippen LogP contribution in [0.2, 0.25) is 0 Å². The molecule has 0 aliphatic rings. The number of rotatable bonds is 9. The number of carbonyl (C=O) groups excluding carboxylic acids is 2. The van der Waals surface area contributed by atoms with Crippen LogP contribution in [0.3, 0.4) is 0 Å². The number of hydrogen-bond donors (Lipinski definition) is 1. The second-order valence-electron chi connectivity index (χ2n) is 6.81. The van der Waals surface area contributed by atoms with Gasteiger partial charge < -0.3 is 19.7 Å². The van der Waals surface area contributed by atoms with Gasteiger partial charge in [-0.2, -0.15) is 0 Å². The third-order valence-corrected chi connectivity index (χ3v) is 4.22. The molecule has 1 N–H and O–H groups in total. The number of hydrogen-bond acceptors (Lipinski definition) is 4. The van der Waals surface area contributed by atoms with Gasteiger partial charge in [0.1, 0.15) is 17.5 Å². The molecular weight excluding hydrogens is 356 g/mol. The van der Waals surface area contributed by atoms with Gasteiger partial charge in [-0.25, -0.2) is 0 Å². The number of nitrogens with zero attached hydrogens (tertiary/aromatic N) is 1. The van der Waals surface area contributed by atoms with E-state index in [9.17, 15) is 9.59 Å². The molecule has 2 aromatic carbocycles. The van der Waals surface area contributed by atoms with Crippen molar-refractivity contribution in [2.75, 3.05) is 13.7 Å².